The smallest absolute Gasteiger partial charge is 0.472 e. The zero-order valence-corrected chi connectivity index (χ0v) is 23.2. The van der Waals surface area contributed by atoms with Crippen LogP contribution >= 0.6 is 7.82 Å². The highest BCUT2D eigenvalue weighted by atomic mass is 31.2. The van der Waals surface area contributed by atoms with E-state index in [-0.39, 0.29) is 12.8 Å². The standard InChI is InChI=1S/C25H46NO10P/c1-3-5-7-8-9-10-11-12-13-14-15-16-23(28)26-22(25(30)31)20-36-37(32,33)35-19-21(27)18-34-24(29)17-6-4-2/h8-9,21-22,27H,3-7,10-20H2,1-2H3,(H,26,28)(H,30,31)(H,32,33)/b9-8-. The number of carboxylic acid groups (broad SMARTS) is 1. The van der Waals surface area contributed by atoms with Gasteiger partial charge in [0.25, 0.3) is 0 Å². The Hall–Kier alpha value is -1.78. The Kier molecular flexibility index (Phi) is 21.2. The number of phosphoric ester groups is 1. The van der Waals surface area contributed by atoms with Gasteiger partial charge in [-0.3, -0.25) is 18.6 Å². The van der Waals surface area contributed by atoms with Gasteiger partial charge in [-0.25, -0.2) is 9.36 Å². The lowest BCUT2D eigenvalue weighted by Crippen LogP contribution is -2.43. The summed E-state index contributed by atoms with van der Waals surface area (Å²) in [6, 6.07) is -1.54. The van der Waals surface area contributed by atoms with Gasteiger partial charge < -0.3 is 25.2 Å². The first kappa shape index (κ1) is 35.2. The molecule has 0 spiro atoms. The molecule has 3 unspecified atom stereocenters. The van der Waals surface area contributed by atoms with Crippen LogP contribution in [0.5, 0.6) is 0 Å². The third-order valence-corrected chi connectivity index (χ3v) is 6.26. The van der Waals surface area contributed by atoms with Crippen LogP contribution in [0.1, 0.15) is 97.3 Å². The number of ether oxygens (including phenoxy) is 1. The maximum absolute atomic E-state index is 12.1. The van der Waals surface area contributed by atoms with E-state index in [9.17, 15) is 34.1 Å². The number of rotatable bonds is 24. The van der Waals surface area contributed by atoms with E-state index in [0.29, 0.717) is 12.8 Å². The van der Waals surface area contributed by atoms with Crippen molar-refractivity contribution in [2.24, 2.45) is 0 Å². The average Bonchev–Trinajstić information content (AvgIpc) is 2.85. The van der Waals surface area contributed by atoms with Gasteiger partial charge in [0.1, 0.15) is 12.7 Å². The van der Waals surface area contributed by atoms with E-state index in [1.807, 2.05) is 6.92 Å². The minimum Gasteiger partial charge on any atom is -0.480 e. The predicted octanol–water partition coefficient (Wildman–Crippen LogP) is 4.26. The lowest BCUT2D eigenvalue weighted by atomic mass is 10.1. The lowest BCUT2D eigenvalue weighted by Gasteiger charge is -2.18. The third-order valence-electron chi connectivity index (χ3n) is 5.30. The van der Waals surface area contributed by atoms with Crippen molar-refractivity contribution in [3.05, 3.63) is 12.2 Å². The molecule has 0 aromatic carbocycles. The molecule has 4 N–H and O–H groups in total. The largest absolute Gasteiger partial charge is 0.480 e. The summed E-state index contributed by atoms with van der Waals surface area (Å²) in [5, 5.41) is 21.3. The summed E-state index contributed by atoms with van der Waals surface area (Å²) < 4.78 is 26.1. The van der Waals surface area contributed by atoms with Crippen LogP contribution < -0.4 is 5.32 Å². The molecule has 37 heavy (non-hydrogen) atoms. The first-order valence-electron chi connectivity index (χ1n) is 13.2. The summed E-state index contributed by atoms with van der Waals surface area (Å²) in [7, 11) is -4.72. The Labute approximate surface area is 220 Å². The van der Waals surface area contributed by atoms with Crippen molar-refractivity contribution in [2.75, 3.05) is 19.8 Å². The minimum atomic E-state index is -4.72. The molecule has 12 heteroatoms. The summed E-state index contributed by atoms with van der Waals surface area (Å²) in [4.78, 5) is 44.6. The zero-order chi connectivity index (χ0) is 27.9. The normalized spacial score (nSPS) is 14.7. The molecule has 3 atom stereocenters. The Morgan fingerprint density at radius 2 is 1.43 bits per heavy atom. The van der Waals surface area contributed by atoms with Gasteiger partial charge in [-0.05, 0) is 32.1 Å². The van der Waals surface area contributed by atoms with Crippen molar-refractivity contribution < 1.29 is 47.8 Å². The molecule has 0 heterocycles. The number of aliphatic carboxylic acids is 1. The highest BCUT2D eigenvalue weighted by Gasteiger charge is 2.28. The number of nitrogens with one attached hydrogen (secondary N) is 1. The van der Waals surface area contributed by atoms with Gasteiger partial charge in [0.15, 0.2) is 6.04 Å². The fourth-order valence-electron chi connectivity index (χ4n) is 3.09. The molecular formula is C25H46NO10P. The number of phosphoric acid groups is 1. The number of unbranched alkanes of at least 4 members (excludes halogenated alkanes) is 8. The molecular weight excluding hydrogens is 505 g/mol. The second-order valence-corrected chi connectivity index (χ2v) is 10.3. The van der Waals surface area contributed by atoms with Crippen LogP contribution in [0, 0.1) is 0 Å². The molecule has 11 nitrogen and oxygen atoms in total. The van der Waals surface area contributed by atoms with Gasteiger partial charge in [0.05, 0.1) is 13.2 Å². The number of carboxylic acids is 1. The van der Waals surface area contributed by atoms with E-state index in [4.69, 9.17) is 4.74 Å². The summed E-state index contributed by atoms with van der Waals surface area (Å²) in [5.74, 6) is -2.43. The average molecular weight is 552 g/mol. The first-order chi connectivity index (χ1) is 17.6. The molecule has 216 valence electrons. The molecule has 1 amide bonds. The van der Waals surface area contributed by atoms with Crippen molar-refractivity contribution in [3.63, 3.8) is 0 Å². The van der Waals surface area contributed by atoms with E-state index >= 15 is 0 Å². The fraction of sp³-hybridized carbons (Fsp3) is 0.800. The predicted molar refractivity (Wildman–Crippen MR) is 139 cm³/mol. The second-order valence-electron chi connectivity index (χ2n) is 8.88. The topological polar surface area (TPSA) is 169 Å². The third kappa shape index (κ3) is 22.0. The van der Waals surface area contributed by atoms with Gasteiger partial charge in [-0.15, -0.1) is 0 Å². The quantitative estimate of drug-likeness (QED) is 0.0588. The molecule has 0 radical (unpaired) electrons. The van der Waals surface area contributed by atoms with Crippen molar-refractivity contribution in [1.82, 2.24) is 5.32 Å². The second kappa shape index (κ2) is 22.2. The van der Waals surface area contributed by atoms with Gasteiger partial charge in [-0.1, -0.05) is 64.5 Å². The monoisotopic (exact) mass is 551 g/mol. The number of amides is 1. The molecule has 0 rings (SSSR count). The first-order valence-corrected chi connectivity index (χ1v) is 14.7. The number of hydrogen-bond donors (Lipinski definition) is 4. The highest BCUT2D eigenvalue weighted by molar-refractivity contribution is 7.47. The number of aliphatic hydroxyl groups is 1. The molecule has 0 fully saturated rings. The van der Waals surface area contributed by atoms with Gasteiger partial charge in [-0.2, -0.15) is 0 Å². The van der Waals surface area contributed by atoms with E-state index in [0.717, 1.165) is 44.9 Å². The molecule has 0 aliphatic heterocycles. The van der Waals surface area contributed by atoms with Crippen molar-refractivity contribution in [1.29, 1.82) is 0 Å². The van der Waals surface area contributed by atoms with Crippen LogP contribution in [0.2, 0.25) is 0 Å². The molecule has 0 aromatic rings. The van der Waals surface area contributed by atoms with Crippen LogP contribution in [0.25, 0.3) is 0 Å². The van der Waals surface area contributed by atoms with Crippen LogP contribution in [0.4, 0.5) is 0 Å². The number of esters is 1. The molecule has 0 saturated heterocycles. The van der Waals surface area contributed by atoms with E-state index in [1.165, 1.54) is 12.8 Å². The summed E-state index contributed by atoms with van der Waals surface area (Å²) >= 11 is 0. The van der Waals surface area contributed by atoms with Crippen LogP contribution in [-0.4, -0.2) is 64.9 Å². The Morgan fingerprint density at radius 1 is 0.838 bits per heavy atom. The maximum atomic E-state index is 12.1. The number of carbonyl (C=O) groups is 3. The van der Waals surface area contributed by atoms with Crippen molar-refractivity contribution in [3.8, 4) is 0 Å². The summed E-state index contributed by atoms with van der Waals surface area (Å²) in [6.07, 6.45) is 14.0. The Bertz CT molecular complexity index is 716. The van der Waals surface area contributed by atoms with E-state index in [1.54, 1.807) is 0 Å². The highest BCUT2D eigenvalue weighted by Crippen LogP contribution is 2.43. The zero-order valence-electron chi connectivity index (χ0n) is 22.3. The van der Waals surface area contributed by atoms with Crippen molar-refractivity contribution >= 4 is 25.7 Å². The van der Waals surface area contributed by atoms with Crippen LogP contribution in [0.15, 0.2) is 12.2 Å². The van der Waals surface area contributed by atoms with Crippen LogP contribution in [-0.2, 0) is 32.7 Å². The molecule has 0 aromatic heterocycles. The van der Waals surface area contributed by atoms with E-state index in [2.05, 4.69) is 33.4 Å². The van der Waals surface area contributed by atoms with E-state index < -0.39 is 57.6 Å². The van der Waals surface area contributed by atoms with Gasteiger partial charge >= 0.3 is 19.8 Å². The van der Waals surface area contributed by atoms with Crippen molar-refractivity contribution in [2.45, 2.75) is 109 Å². The summed E-state index contributed by atoms with van der Waals surface area (Å²) in [5.41, 5.74) is 0. The SMILES string of the molecule is CCCC/C=C\CCCCCCCC(=O)NC(COP(=O)(O)OCC(O)COC(=O)CCCC)C(=O)O. The fourth-order valence-corrected chi connectivity index (χ4v) is 3.87. The maximum Gasteiger partial charge on any atom is 0.472 e. The van der Waals surface area contributed by atoms with Gasteiger partial charge in [0, 0.05) is 12.8 Å². The van der Waals surface area contributed by atoms with Crippen LogP contribution in [0.3, 0.4) is 0 Å². The molecule has 0 saturated carbocycles. The number of aliphatic hydroxyl groups excluding tert-OH is 1. The molecule has 0 bridgehead atoms. The molecule has 0 aliphatic carbocycles. The lowest BCUT2D eigenvalue weighted by molar-refractivity contribution is -0.147. The van der Waals surface area contributed by atoms with Gasteiger partial charge in [0.2, 0.25) is 5.91 Å². The number of hydrogen-bond acceptors (Lipinski definition) is 8. The Balaban J connectivity index is 4.14. The minimum absolute atomic E-state index is 0.136. The molecule has 0 aliphatic rings. The number of allylic oxidation sites excluding steroid dienone is 2. The number of carbonyl (C=O) groups excluding carboxylic acids is 2. The summed E-state index contributed by atoms with van der Waals surface area (Å²) in [6.45, 7) is 2.18. The Morgan fingerprint density at radius 3 is 2.08 bits per heavy atom.